The van der Waals surface area contributed by atoms with Crippen molar-refractivity contribution in [2.75, 3.05) is 19.6 Å². The first-order valence-corrected chi connectivity index (χ1v) is 10.6. The van der Waals surface area contributed by atoms with Crippen molar-refractivity contribution < 1.29 is 14.4 Å². The average Bonchev–Trinajstić information content (AvgIpc) is 2.81. The number of unbranched alkanes of at least 4 members (excludes halogenated alkanes) is 1. The van der Waals surface area contributed by atoms with E-state index in [1.807, 2.05) is 30.3 Å². The van der Waals surface area contributed by atoms with Crippen molar-refractivity contribution in [1.29, 1.82) is 0 Å². The van der Waals surface area contributed by atoms with Gasteiger partial charge in [0.1, 0.15) is 18.1 Å². The fraction of sp³-hybridized carbons (Fsp3) is 0.550. The molecule has 0 unspecified atom stereocenters. The van der Waals surface area contributed by atoms with Gasteiger partial charge in [-0.25, -0.2) is 0 Å². The molecule has 13 nitrogen and oxygen atoms in total. The molecule has 0 saturated heterocycles. The van der Waals surface area contributed by atoms with Crippen molar-refractivity contribution in [3.05, 3.63) is 56.8 Å². The summed E-state index contributed by atoms with van der Waals surface area (Å²) in [5, 5.41) is 14.6. The molecule has 0 heterocycles. The predicted octanol–water partition coefficient (Wildman–Crippen LogP) is 1.45. The first-order chi connectivity index (χ1) is 15.9. The van der Waals surface area contributed by atoms with Crippen LogP contribution in [0.25, 0.3) is 20.9 Å². The molecule has 5 N–H and O–H groups in total. The van der Waals surface area contributed by atoms with Gasteiger partial charge < -0.3 is 21.7 Å². The Bertz CT molecular complexity index is 866. The largest absolute Gasteiger partial charge is 0.354 e. The van der Waals surface area contributed by atoms with Gasteiger partial charge in [0.2, 0.25) is 17.7 Å². The quantitative estimate of drug-likeness (QED) is 0.133. The van der Waals surface area contributed by atoms with E-state index in [1.165, 1.54) is 6.92 Å². The number of amides is 3. The maximum absolute atomic E-state index is 13.1. The summed E-state index contributed by atoms with van der Waals surface area (Å²) in [5.74, 6) is -1.59. The van der Waals surface area contributed by atoms with Crippen LogP contribution in [0.4, 0.5) is 0 Å². The number of carbonyl (C=O) groups excluding carboxylic acids is 3. The second kappa shape index (κ2) is 15.9. The van der Waals surface area contributed by atoms with Crippen LogP contribution in [0.2, 0.25) is 0 Å². The lowest BCUT2D eigenvalue weighted by Gasteiger charge is -2.24. The minimum atomic E-state index is -1.01. The van der Waals surface area contributed by atoms with Gasteiger partial charge >= 0.3 is 0 Å². The Morgan fingerprint density at radius 2 is 1.70 bits per heavy atom. The molecule has 0 aromatic heterocycles. The molecule has 0 fully saturated rings. The van der Waals surface area contributed by atoms with Crippen LogP contribution < -0.4 is 21.7 Å². The molecular weight excluding hydrogens is 428 g/mol. The van der Waals surface area contributed by atoms with E-state index in [2.05, 4.69) is 36.0 Å². The third-order valence-corrected chi connectivity index (χ3v) is 4.67. The van der Waals surface area contributed by atoms with Crippen LogP contribution in [0.1, 0.15) is 31.7 Å². The summed E-state index contributed by atoms with van der Waals surface area (Å²) in [5.41, 5.74) is 23.2. The Kier molecular flexibility index (Phi) is 13.2. The van der Waals surface area contributed by atoms with Crippen LogP contribution in [0.5, 0.6) is 0 Å². The van der Waals surface area contributed by atoms with Gasteiger partial charge in [-0.2, -0.15) is 0 Å². The summed E-state index contributed by atoms with van der Waals surface area (Å²) in [4.78, 5) is 43.3. The van der Waals surface area contributed by atoms with Crippen LogP contribution in [0.3, 0.4) is 0 Å². The monoisotopic (exact) mass is 458 g/mol. The maximum atomic E-state index is 13.1. The average molecular weight is 459 g/mol. The second-order valence-corrected chi connectivity index (χ2v) is 7.22. The molecule has 1 rings (SSSR count). The number of azide groups is 2. The number of hydrogen-bond acceptors (Lipinski definition) is 6. The molecule has 0 spiro atoms. The number of nitrogens with one attached hydrogen (secondary N) is 3. The zero-order valence-electron chi connectivity index (χ0n) is 18.6. The van der Waals surface area contributed by atoms with E-state index >= 15 is 0 Å². The summed E-state index contributed by atoms with van der Waals surface area (Å²) in [6, 6.07) is 6.20. The van der Waals surface area contributed by atoms with Gasteiger partial charge in [-0.3, -0.25) is 14.4 Å². The molecule has 1 aromatic rings. The fourth-order valence-corrected chi connectivity index (χ4v) is 2.91. The van der Waals surface area contributed by atoms with Crippen LogP contribution in [0.15, 0.2) is 40.6 Å². The van der Waals surface area contributed by atoms with E-state index < -0.39 is 35.8 Å². The summed E-state index contributed by atoms with van der Waals surface area (Å²) in [6.45, 7) is 2.07. The molecule has 0 saturated carbocycles. The molecule has 0 radical (unpaired) electrons. The molecule has 3 amide bonds. The highest BCUT2D eigenvalue weighted by Gasteiger charge is 2.27. The Morgan fingerprint density at radius 1 is 1.00 bits per heavy atom. The third kappa shape index (κ3) is 10.9. The normalized spacial score (nSPS) is 12.8. The number of benzene rings is 1. The standard InChI is InChI=1S/C20H30N10O3/c1-14(28-30-23)18(31)27-17(13-15-7-3-2-4-8-15)20(33)26-16(9-5-6-10-21)19(32)24-11-12-25-29-22/h2-4,7-8,14,16-17H,5-6,9-13,21H2,1H3,(H,24,32)(H,26,33)(H,27,31)/t14-,16+,17+/m0/s1. The van der Waals surface area contributed by atoms with E-state index in [9.17, 15) is 14.4 Å². The predicted molar refractivity (Wildman–Crippen MR) is 123 cm³/mol. The molecule has 3 atom stereocenters. The Morgan fingerprint density at radius 3 is 2.33 bits per heavy atom. The van der Waals surface area contributed by atoms with Gasteiger partial charge in [0.25, 0.3) is 0 Å². The number of nitrogens with two attached hydrogens (primary N) is 1. The van der Waals surface area contributed by atoms with Crippen molar-refractivity contribution >= 4 is 17.7 Å². The van der Waals surface area contributed by atoms with Gasteiger partial charge in [0.15, 0.2) is 0 Å². The minimum absolute atomic E-state index is 0.0791. The van der Waals surface area contributed by atoms with Crippen LogP contribution in [-0.2, 0) is 20.8 Å². The number of hydrogen-bond donors (Lipinski definition) is 4. The molecule has 13 heteroatoms. The molecule has 178 valence electrons. The van der Waals surface area contributed by atoms with Gasteiger partial charge in [-0.15, -0.1) is 0 Å². The summed E-state index contributed by atoms with van der Waals surface area (Å²) < 4.78 is 0. The molecule has 0 aliphatic rings. The SMILES string of the molecule is C[C@H](N=[N+]=[N-])C(=O)N[C@H](Cc1ccccc1)C(=O)N[C@H](CCCCN)C(=O)NCCN=[N+]=[N-]. The molecule has 1 aromatic carbocycles. The van der Waals surface area contributed by atoms with Crippen LogP contribution >= 0.6 is 0 Å². The lowest BCUT2D eigenvalue weighted by Crippen LogP contribution is -2.55. The van der Waals surface area contributed by atoms with Crippen molar-refractivity contribution in [3.63, 3.8) is 0 Å². The molecule has 0 aliphatic heterocycles. The highest BCUT2D eigenvalue weighted by Crippen LogP contribution is 2.07. The summed E-state index contributed by atoms with van der Waals surface area (Å²) in [7, 11) is 0. The van der Waals surface area contributed by atoms with E-state index in [1.54, 1.807) is 0 Å². The molecular formula is C20H30N10O3. The second-order valence-electron chi connectivity index (χ2n) is 7.22. The zero-order valence-corrected chi connectivity index (χ0v) is 18.6. The fourth-order valence-electron chi connectivity index (χ4n) is 2.91. The van der Waals surface area contributed by atoms with Gasteiger partial charge in [-0.1, -0.05) is 40.6 Å². The number of carbonyl (C=O) groups is 3. The van der Waals surface area contributed by atoms with Crippen molar-refractivity contribution in [1.82, 2.24) is 16.0 Å². The smallest absolute Gasteiger partial charge is 0.243 e. The van der Waals surface area contributed by atoms with Gasteiger partial charge in [-0.05, 0) is 49.4 Å². The van der Waals surface area contributed by atoms with E-state index in [0.717, 1.165) is 5.56 Å². The lowest BCUT2D eigenvalue weighted by atomic mass is 10.0. The number of rotatable bonds is 15. The van der Waals surface area contributed by atoms with E-state index in [-0.39, 0.29) is 19.5 Å². The van der Waals surface area contributed by atoms with Crippen molar-refractivity contribution in [2.45, 2.75) is 50.7 Å². The number of nitrogens with zero attached hydrogens (tertiary/aromatic N) is 6. The highest BCUT2D eigenvalue weighted by atomic mass is 16.2. The first-order valence-electron chi connectivity index (χ1n) is 10.6. The summed E-state index contributed by atoms with van der Waals surface area (Å²) >= 11 is 0. The lowest BCUT2D eigenvalue weighted by molar-refractivity contribution is -0.132. The summed E-state index contributed by atoms with van der Waals surface area (Å²) in [6.07, 6.45) is 1.80. The van der Waals surface area contributed by atoms with Crippen LogP contribution in [-0.4, -0.2) is 55.5 Å². The van der Waals surface area contributed by atoms with Crippen molar-refractivity contribution in [2.24, 2.45) is 16.0 Å². The molecule has 0 bridgehead atoms. The zero-order chi connectivity index (χ0) is 24.5. The Labute approximate surface area is 191 Å². The minimum Gasteiger partial charge on any atom is -0.354 e. The molecule has 0 aliphatic carbocycles. The van der Waals surface area contributed by atoms with Crippen LogP contribution in [0, 0.1) is 0 Å². The topological polar surface area (TPSA) is 211 Å². The van der Waals surface area contributed by atoms with E-state index in [0.29, 0.717) is 25.8 Å². The van der Waals surface area contributed by atoms with Gasteiger partial charge in [0.05, 0.1) is 0 Å². The Balaban J connectivity index is 2.97. The molecule has 33 heavy (non-hydrogen) atoms. The Hall–Kier alpha value is -3.79. The third-order valence-electron chi connectivity index (χ3n) is 4.67. The van der Waals surface area contributed by atoms with Gasteiger partial charge in [0, 0.05) is 29.3 Å². The highest BCUT2D eigenvalue weighted by molar-refractivity contribution is 5.93. The maximum Gasteiger partial charge on any atom is 0.243 e. The van der Waals surface area contributed by atoms with Crippen molar-refractivity contribution in [3.8, 4) is 0 Å². The first kappa shape index (κ1) is 27.2. The van der Waals surface area contributed by atoms with E-state index in [4.69, 9.17) is 16.8 Å².